The highest BCUT2D eigenvalue weighted by Gasteiger charge is 2.30. The van der Waals surface area contributed by atoms with E-state index in [2.05, 4.69) is 32.6 Å². The largest absolute Gasteiger partial charge is 0.380 e. The number of carbonyl (C=O) groups is 1. The number of rotatable bonds is 10. The summed E-state index contributed by atoms with van der Waals surface area (Å²) < 4.78 is 6.04. The van der Waals surface area contributed by atoms with Gasteiger partial charge in [-0.25, -0.2) is 5.01 Å². The van der Waals surface area contributed by atoms with Crippen LogP contribution in [0.15, 0.2) is 0 Å². The highest BCUT2D eigenvalue weighted by atomic mass is 16.5. The number of hydrogen-bond donors (Lipinski definition) is 2. The van der Waals surface area contributed by atoms with Crippen molar-refractivity contribution in [1.82, 2.24) is 9.91 Å². The predicted molar refractivity (Wildman–Crippen MR) is 93.6 cm³/mol. The molecule has 2 atom stereocenters. The molecule has 1 aliphatic heterocycles. The average molecular weight is 329 g/mol. The molecule has 0 aliphatic carbocycles. The third-order valence-corrected chi connectivity index (χ3v) is 5.22. The van der Waals surface area contributed by atoms with E-state index in [4.69, 9.17) is 16.3 Å². The number of piperazine rings is 1. The summed E-state index contributed by atoms with van der Waals surface area (Å²) in [7, 11) is 0. The average Bonchev–Trinajstić information content (AvgIpc) is 2.49. The van der Waals surface area contributed by atoms with Crippen LogP contribution in [0.25, 0.3) is 0 Å². The molecule has 136 valence electrons. The summed E-state index contributed by atoms with van der Waals surface area (Å²) >= 11 is 0. The van der Waals surface area contributed by atoms with Crippen molar-refractivity contribution in [3.05, 3.63) is 0 Å². The molecule has 0 aromatic carbocycles. The summed E-state index contributed by atoms with van der Waals surface area (Å²) in [6.07, 6.45) is 2.33. The molecule has 6 nitrogen and oxygen atoms in total. The zero-order valence-electron chi connectivity index (χ0n) is 15.4. The second-order valence-electron chi connectivity index (χ2n) is 7.78. The fraction of sp³-hybridized carbons (Fsp3) is 0.941. The molecule has 0 saturated carbocycles. The topological polar surface area (TPSA) is 84.8 Å². The zero-order chi connectivity index (χ0) is 17.5. The van der Waals surface area contributed by atoms with Gasteiger partial charge in [0.1, 0.15) is 0 Å². The van der Waals surface area contributed by atoms with Crippen molar-refractivity contribution in [3.8, 4) is 0 Å². The summed E-state index contributed by atoms with van der Waals surface area (Å²) in [6, 6.07) is 0. The lowest BCUT2D eigenvalue weighted by atomic mass is 9.84. The fourth-order valence-electron chi connectivity index (χ4n) is 2.96. The maximum absolute atomic E-state index is 11.2. The standard InChI is InChI=1S/C17H36N4O2/c1-5-16(3,11-15(18)22)13-23-14-17(4,6-2)12-20-7-9-21(19)10-8-20/h5-14,19H2,1-4H3,(H2,18,22). The van der Waals surface area contributed by atoms with Crippen molar-refractivity contribution >= 4 is 5.91 Å². The number of carbonyl (C=O) groups excluding carboxylic acids is 1. The molecule has 4 N–H and O–H groups in total. The van der Waals surface area contributed by atoms with Gasteiger partial charge in [-0.1, -0.05) is 27.7 Å². The van der Waals surface area contributed by atoms with E-state index in [0.29, 0.717) is 19.6 Å². The van der Waals surface area contributed by atoms with Crippen LogP contribution in [0.3, 0.4) is 0 Å². The summed E-state index contributed by atoms with van der Waals surface area (Å²) in [6.45, 7) is 14.8. The molecule has 1 amide bonds. The van der Waals surface area contributed by atoms with Crippen LogP contribution in [0.5, 0.6) is 0 Å². The Hall–Kier alpha value is -0.690. The monoisotopic (exact) mass is 328 g/mol. The van der Waals surface area contributed by atoms with Crippen molar-refractivity contribution < 1.29 is 9.53 Å². The van der Waals surface area contributed by atoms with Crippen molar-refractivity contribution in [2.45, 2.75) is 47.0 Å². The van der Waals surface area contributed by atoms with Crippen LogP contribution in [-0.4, -0.2) is 61.8 Å². The number of hydrogen-bond acceptors (Lipinski definition) is 5. The lowest BCUT2D eigenvalue weighted by molar-refractivity contribution is -0.121. The zero-order valence-corrected chi connectivity index (χ0v) is 15.4. The van der Waals surface area contributed by atoms with Crippen LogP contribution in [0.1, 0.15) is 47.0 Å². The molecule has 1 heterocycles. The van der Waals surface area contributed by atoms with E-state index in [1.54, 1.807) is 0 Å². The van der Waals surface area contributed by atoms with Crippen LogP contribution < -0.4 is 11.6 Å². The summed E-state index contributed by atoms with van der Waals surface area (Å²) in [5.41, 5.74) is 5.32. The number of nitrogens with zero attached hydrogens (tertiary/aromatic N) is 2. The molecule has 2 unspecified atom stereocenters. The highest BCUT2D eigenvalue weighted by molar-refractivity contribution is 5.74. The SMILES string of the molecule is CCC(C)(COCC(C)(CC)CN1CCN(N)CC1)CC(N)=O. The maximum atomic E-state index is 11.2. The smallest absolute Gasteiger partial charge is 0.218 e. The molecular weight excluding hydrogens is 292 g/mol. The normalized spacial score (nSPS) is 22.5. The van der Waals surface area contributed by atoms with Gasteiger partial charge >= 0.3 is 0 Å². The highest BCUT2D eigenvalue weighted by Crippen LogP contribution is 2.29. The molecule has 6 heteroatoms. The number of ether oxygens (including phenoxy) is 1. The van der Waals surface area contributed by atoms with Crippen LogP contribution in [0.4, 0.5) is 0 Å². The van der Waals surface area contributed by atoms with E-state index in [0.717, 1.165) is 45.6 Å². The van der Waals surface area contributed by atoms with E-state index >= 15 is 0 Å². The fourth-order valence-corrected chi connectivity index (χ4v) is 2.96. The van der Waals surface area contributed by atoms with Gasteiger partial charge in [-0.15, -0.1) is 0 Å². The van der Waals surface area contributed by atoms with Gasteiger partial charge in [0, 0.05) is 44.6 Å². The Morgan fingerprint density at radius 1 is 1.04 bits per heavy atom. The van der Waals surface area contributed by atoms with Crippen molar-refractivity contribution in [1.29, 1.82) is 0 Å². The lowest BCUT2D eigenvalue weighted by Crippen LogP contribution is -2.52. The molecule has 0 spiro atoms. The molecule has 23 heavy (non-hydrogen) atoms. The van der Waals surface area contributed by atoms with Crippen LogP contribution in [0.2, 0.25) is 0 Å². The minimum absolute atomic E-state index is 0.123. The van der Waals surface area contributed by atoms with E-state index in [-0.39, 0.29) is 16.7 Å². The Balaban J connectivity index is 2.46. The second-order valence-corrected chi connectivity index (χ2v) is 7.78. The minimum atomic E-state index is -0.254. The Labute approximate surface area is 141 Å². The first-order chi connectivity index (χ1) is 10.7. The summed E-state index contributed by atoms with van der Waals surface area (Å²) in [4.78, 5) is 13.7. The van der Waals surface area contributed by atoms with E-state index in [1.165, 1.54) is 0 Å². The first-order valence-electron chi connectivity index (χ1n) is 8.80. The molecule has 1 aliphatic rings. The third-order valence-electron chi connectivity index (χ3n) is 5.22. The van der Waals surface area contributed by atoms with E-state index in [1.807, 2.05) is 5.01 Å². The first-order valence-corrected chi connectivity index (χ1v) is 8.80. The second kappa shape index (κ2) is 8.97. The van der Waals surface area contributed by atoms with Gasteiger partial charge < -0.3 is 15.4 Å². The predicted octanol–water partition coefficient (Wildman–Crippen LogP) is 1.20. The first kappa shape index (κ1) is 20.4. The lowest BCUT2D eigenvalue weighted by Gasteiger charge is -2.39. The molecule has 1 rings (SSSR count). The van der Waals surface area contributed by atoms with E-state index < -0.39 is 0 Å². The Morgan fingerprint density at radius 2 is 1.57 bits per heavy atom. The van der Waals surface area contributed by atoms with Gasteiger partial charge in [0.15, 0.2) is 0 Å². The van der Waals surface area contributed by atoms with Gasteiger partial charge in [-0.2, -0.15) is 0 Å². The Bertz CT molecular complexity index is 372. The molecule has 1 fully saturated rings. The van der Waals surface area contributed by atoms with Crippen LogP contribution in [-0.2, 0) is 9.53 Å². The van der Waals surface area contributed by atoms with Crippen molar-refractivity contribution in [2.75, 3.05) is 45.9 Å². The minimum Gasteiger partial charge on any atom is -0.380 e. The molecule has 0 radical (unpaired) electrons. The molecule has 0 aromatic rings. The molecule has 0 bridgehead atoms. The molecular formula is C17H36N4O2. The third kappa shape index (κ3) is 7.16. The van der Waals surface area contributed by atoms with E-state index in [9.17, 15) is 4.79 Å². The number of nitrogens with two attached hydrogens (primary N) is 2. The molecule has 1 saturated heterocycles. The van der Waals surface area contributed by atoms with Gasteiger partial charge in [0.25, 0.3) is 0 Å². The number of amides is 1. The maximum Gasteiger partial charge on any atom is 0.218 e. The number of hydrazine groups is 1. The van der Waals surface area contributed by atoms with Gasteiger partial charge in [-0.3, -0.25) is 10.6 Å². The van der Waals surface area contributed by atoms with Gasteiger partial charge in [-0.05, 0) is 18.3 Å². The summed E-state index contributed by atoms with van der Waals surface area (Å²) in [5, 5.41) is 1.88. The van der Waals surface area contributed by atoms with Crippen molar-refractivity contribution in [3.63, 3.8) is 0 Å². The van der Waals surface area contributed by atoms with Gasteiger partial charge in [0.2, 0.25) is 5.91 Å². The van der Waals surface area contributed by atoms with Crippen molar-refractivity contribution in [2.24, 2.45) is 22.4 Å². The van der Waals surface area contributed by atoms with Gasteiger partial charge in [0.05, 0.1) is 13.2 Å². The number of primary amides is 1. The van der Waals surface area contributed by atoms with Crippen LogP contribution in [0, 0.1) is 10.8 Å². The van der Waals surface area contributed by atoms with Crippen LogP contribution >= 0.6 is 0 Å². The quantitative estimate of drug-likeness (QED) is 0.589. The summed E-state index contributed by atoms with van der Waals surface area (Å²) in [5.74, 6) is 5.57. The Morgan fingerprint density at radius 3 is 2.04 bits per heavy atom. The Kier molecular flexibility index (Phi) is 7.94. The molecule has 0 aromatic heterocycles.